The van der Waals surface area contributed by atoms with E-state index in [2.05, 4.69) is 6.07 Å². The van der Waals surface area contributed by atoms with Gasteiger partial charge in [0.15, 0.2) is 0 Å². The molecule has 0 fully saturated rings. The van der Waals surface area contributed by atoms with Gasteiger partial charge in [-0.3, -0.25) is 14.5 Å². The smallest absolute Gasteiger partial charge is 0.261 e. The number of nitriles is 1. The average molecular weight is 284 g/mol. The molecule has 1 aliphatic heterocycles. The van der Waals surface area contributed by atoms with E-state index in [9.17, 15) is 9.59 Å². The number of carbonyl (C=O) groups is 2. The number of benzene rings is 1. The molecule has 110 valence electrons. The minimum atomic E-state index is -0.162. The zero-order chi connectivity index (χ0) is 15.1. The molecule has 0 radical (unpaired) electrons. The maximum Gasteiger partial charge on any atom is 0.261 e. The minimum Gasteiger partial charge on any atom is -0.274 e. The normalized spacial score (nSPS) is 13.4. The fourth-order valence-corrected chi connectivity index (χ4v) is 2.62. The van der Waals surface area contributed by atoms with Crippen LogP contribution in [0, 0.1) is 11.3 Å². The number of unbranched alkanes of at least 4 members (excludes halogenated alkanes) is 6. The lowest BCUT2D eigenvalue weighted by Gasteiger charge is -2.13. The molecule has 4 nitrogen and oxygen atoms in total. The van der Waals surface area contributed by atoms with Crippen molar-refractivity contribution in [2.45, 2.75) is 44.9 Å². The molecule has 1 aromatic rings. The first-order chi connectivity index (χ1) is 10.3. The monoisotopic (exact) mass is 284 g/mol. The summed E-state index contributed by atoms with van der Waals surface area (Å²) in [5.74, 6) is -0.325. The number of rotatable bonds is 8. The highest BCUT2D eigenvalue weighted by atomic mass is 16.2. The van der Waals surface area contributed by atoms with Gasteiger partial charge in [0.2, 0.25) is 0 Å². The summed E-state index contributed by atoms with van der Waals surface area (Å²) < 4.78 is 0. The van der Waals surface area contributed by atoms with Crippen LogP contribution in [0.1, 0.15) is 65.7 Å². The van der Waals surface area contributed by atoms with Gasteiger partial charge in [-0.1, -0.05) is 37.8 Å². The Morgan fingerprint density at radius 3 is 1.95 bits per heavy atom. The highest BCUT2D eigenvalue weighted by Crippen LogP contribution is 2.22. The molecular weight excluding hydrogens is 264 g/mol. The summed E-state index contributed by atoms with van der Waals surface area (Å²) in [7, 11) is 0. The first-order valence-electron chi connectivity index (χ1n) is 7.58. The molecule has 0 aliphatic carbocycles. The van der Waals surface area contributed by atoms with Crippen molar-refractivity contribution in [3.63, 3.8) is 0 Å². The second-order valence-corrected chi connectivity index (χ2v) is 5.34. The van der Waals surface area contributed by atoms with E-state index in [0.717, 1.165) is 38.5 Å². The predicted molar refractivity (Wildman–Crippen MR) is 79.7 cm³/mol. The maximum absolute atomic E-state index is 12.1. The number of imide groups is 1. The van der Waals surface area contributed by atoms with Crippen LogP contribution >= 0.6 is 0 Å². The van der Waals surface area contributed by atoms with Crippen molar-refractivity contribution in [2.24, 2.45) is 0 Å². The van der Waals surface area contributed by atoms with Crippen molar-refractivity contribution in [1.29, 1.82) is 5.26 Å². The molecule has 1 aromatic carbocycles. The van der Waals surface area contributed by atoms with E-state index < -0.39 is 0 Å². The Labute approximate surface area is 125 Å². The zero-order valence-electron chi connectivity index (χ0n) is 12.2. The third kappa shape index (κ3) is 3.69. The van der Waals surface area contributed by atoms with E-state index in [-0.39, 0.29) is 11.8 Å². The maximum atomic E-state index is 12.1. The fraction of sp³-hybridized carbons (Fsp3) is 0.471. The number of carbonyl (C=O) groups excluding carboxylic acids is 2. The quantitative estimate of drug-likeness (QED) is 0.542. The summed E-state index contributed by atoms with van der Waals surface area (Å²) in [4.78, 5) is 25.6. The number of hydrogen-bond donors (Lipinski definition) is 0. The Morgan fingerprint density at radius 1 is 0.857 bits per heavy atom. The Morgan fingerprint density at radius 2 is 1.38 bits per heavy atom. The van der Waals surface area contributed by atoms with Crippen LogP contribution in [0.5, 0.6) is 0 Å². The molecule has 0 saturated heterocycles. The Hall–Kier alpha value is -2.15. The molecule has 4 heteroatoms. The van der Waals surface area contributed by atoms with Gasteiger partial charge in [0.05, 0.1) is 17.2 Å². The van der Waals surface area contributed by atoms with Gasteiger partial charge in [0.25, 0.3) is 11.8 Å². The van der Waals surface area contributed by atoms with Crippen LogP contribution in [0.3, 0.4) is 0 Å². The molecule has 1 heterocycles. The van der Waals surface area contributed by atoms with Crippen LogP contribution < -0.4 is 0 Å². The van der Waals surface area contributed by atoms with Crippen LogP contribution in [0.25, 0.3) is 0 Å². The topological polar surface area (TPSA) is 61.2 Å². The third-order valence-electron chi connectivity index (χ3n) is 3.80. The minimum absolute atomic E-state index is 0.162. The molecule has 1 aliphatic rings. The van der Waals surface area contributed by atoms with E-state index in [0.29, 0.717) is 24.1 Å². The van der Waals surface area contributed by atoms with Gasteiger partial charge in [-0.2, -0.15) is 5.26 Å². The van der Waals surface area contributed by atoms with Gasteiger partial charge >= 0.3 is 0 Å². The summed E-state index contributed by atoms with van der Waals surface area (Å²) >= 11 is 0. The van der Waals surface area contributed by atoms with Crippen LogP contribution in [0.15, 0.2) is 24.3 Å². The van der Waals surface area contributed by atoms with E-state index >= 15 is 0 Å². The molecule has 0 atom stereocenters. The fourth-order valence-electron chi connectivity index (χ4n) is 2.62. The standard InChI is InChI=1S/C17H20N2O2/c18-12-8-4-2-1-3-5-9-13-19-16(20)14-10-6-7-11-15(14)17(19)21/h6-7,10-11H,1-5,8-9,13H2. The summed E-state index contributed by atoms with van der Waals surface area (Å²) in [6.45, 7) is 0.505. The molecule has 0 saturated carbocycles. The Balaban J connectivity index is 1.70. The van der Waals surface area contributed by atoms with Crippen molar-refractivity contribution in [3.05, 3.63) is 35.4 Å². The van der Waals surface area contributed by atoms with Crippen LogP contribution in [0.2, 0.25) is 0 Å². The van der Waals surface area contributed by atoms with Crippen molar-refractivity contribution in [1.82, 2.24) is 4.90 Å². The molecule has 2 rings (SSSR count). The molecule has 0 spiro atoms. The van der Waals surface area contributed by atoms with Crippen LogP contribution in [-0.4, -0.2) is 23.3 Å². The van der Waals surface area contributed by atoms with Gasteiger partial charge in [-0.05, 0) is 25.0 Å². The number of amides is 2. The molecule has 0 unspecified atom stereocenters. The molecule has 0 N–H and O–H groups in total. The lowest BCUT2D eigenvalue weighted by atomic mass is 10.1. The second-order valence-electron chi connectivity index (χ2n) is 5.34. The first kappa shape index (κ1) is 15.2. The van der Waals surface area contributed by atoms with Gasteiger partial charge in [0, 0.05) is 13.0 Å². The molecule has 2 amide bonds. The molecule has 21 heavy (non-hydrogen) atoms. The Bertz CT molecular complexity index is 525. The number of fused-ring (bicyclic) bond motifs is 1. The van der Waals surface area contributed by atoms with Gasteiger partial charge in [-0.25, -0.2) is 0 Å². The molecule has 0 aromatic heterocycles. The van der Waals surface area contributed by atoms with Crippen molar-refractivity contribution in [3.8, 4) is 6.07 Å². The molecule has 0 bridgehead atoms. The van der Waals surface area contributed by atoms with Gasteiger partial charge in [0.1, 0.15) is 0 Å². The summed E-state index contributed by atoms with van der Waals surface area (Å²) in [6.07, 6.45) is 6.76. The van der Waals surface area contributed by atoms with Crippen molar-refractivity contribution < 1.29 is 9.59 Å². The SMILES string of the molecule is N#CCCCCCCCCN1C(=O)c2ccccc2C1=O. The number of nitrogens with zero attached hydrogens (tertiary/aromatic N) is 2. The third-order valence-corrected chi connectivity index (χ3v) is 3.80. The first-order valence-corrected chi connectivity index (χ1v) is 7.58. The second kappa shape index (κ2) is 7.58. The molecular formula is C17H20N2O2. The highest BCUT2D eigenvalue weighted by Gasteiger charge is 2.34. The van der Waals surface area contributed by atoms with Gasteiger partial charge < -0.3 is 0 Å². The van der Waals surface area contributed by atoms with E-state index in [1.807, 2.05) is 0 Å². The van der Waals surface area contributed by atoms with Gasteiger partial charge in [-0.15, -0.1) is 0 Å². The predicted octanol–water partition coefficient (Wildman–Crippen LogP) is 3.54. The summed E-state index contributed by atoms with van der Waals surface area (Å²) in [5, 5.41) is 8.43. The van der Waals surface area contributed by atoms with Crippen molar-refractivity contribution >= 4 is 11.8 Å². The lowest BCUT2D eigenvalue weighted by molar-refractivity contribution is 0.0651. The van der Waals surface area contributed by atoms with E-state index in [1.54, 1.807) is 24.3 Å². The van der Waals surface area contributed by atoms with Crippen molar-refractivity contribution in [2.75, 3.05) is 6.54 Å². The summed E-state index contributed by atoms with van der Waals surface area (Å²) in [6, 6.07) is 9.14. The summed E-state index contributed by atoms with van der Waals surface area (Å²) in [5.41, 5.74) is 1.05. The van der Waals surface area contributed by atoms with Crippen LogP contribution in [0.4, 0.5) is 0 Å². The Kier molecular flexibility index (Phi) is 5.51. The number of hydrogen-bond acceptors (Lipinski definition) is 3. The van der Waals surface area contributed by atoms with E-state index in [1.165, 1.54) is 4.90 Å². The lowest BCUT2D eigenvalue weighted by Crippen LogP contribution is -2.30. The largest absolute Gasteiger partial charge is 0.274 e. The highest BCUT2D eigenvalue weighted by molar-refractivity contribution is 6.21. The van der Waals surface area contributed by atoms with Crippen LogP contribution in [-0.2, 0) is 0 Å². The zero-order valence-corrected chi connectivity index (χ0v) is 12.2. The van der Waals surface area contributed by atoms with E-state index in [4.69, 9.17) is 5.26 Å². The average Bonchev–Trinajstić information content (AvgIpc) is 2.75.